The van der Waals surface area contributed by atoms with Gasteiger partial charge in [-0.2, -0.15) is 0 Å². The van der Waals surface area contributed by atoms with E-state index in [1.54, 1.807) is 34.1 Å². The molecule has 0 radical (unpaired) electrons. The van der Waals surface area contributed by atoms with Crippen LogP contribution in [0.5, 0.6) is 0 Å². The fraction of sp³-hybridized carbons (Fsp3) is 0.423. The summed E-state index contributed by atoms with van der Waals surface area (Å²) in [4.78, 5) is 41.9. The van der Waals surface area contributed by atoms with Gasteiger partial charge in [0.2, 0.25) is 5.91 Å². The molecule has 34 heavy (non-hydrogen) atoms. The summed E-state index contributed by atoms with van der Waals surface area (Å²) < 4.78 is 5.34. The maximum atomic E-state index is 13.2. The molecule has 2 aromatic carbocycles. The zero-order valence-electron chi connectivity index (χ0n) is 19.7. The van der Waals surface area contributed by atoms with E-state index in [1.807, 2.05) is 44.2 Å². The highest BCUT2D eigenvalue weighted by Crippen LogP contribution is 2.21. The van der Waals surface area contributed by atoms with Gasteiger partial charge in [0.25, 0.3) is 5.91 Å². The third kappa shape index (κ3) is 7.22. The van der Waals surface area contributed by atoms with E-state index >= 15 is 0 Å². The molecule has 1 atom stereocenters. The minimum absolute atomic E-state index is 0.0780. The normalized spacial score (nSPS) is 14.9. The third-order valence-corrected chi connectivity index (χ3v) is 5.98. The monoisotopic (exact) mass is 485 g/mol. The molecule has 0 bridgehead atoms. The highest BCUT2D eigenvalue weighted by Gasteiger charge is 2.26. The second kappa shape index (κ2) is 12.4. The molecule has 8 heteroatoms. The first-order chi connectivity index (χ1) is 16.3. The SMILES string of the molecule is CC(C)COC(=O)N1CCCN(C(=O)CC(NC(=O)c2ccccc2Cl)c2ccccc2)CC1. The van der Waals surface area contributed by atoms with Crippen LogP contribution in [0.4, 0.5) is 4.79 Å². The molecule has 182 valence electrons. The summed E-state index contributed by atoms with van der Waals surface area (Å²) in [6.45, 7) is 6.30. The van der Waals surface area contributed by atoms with Crippen LogP contribution in [0, 0.1) is 5.92 Å². The number of hydrogen-bond acceptors (Lipinski definition) is 4. The van der Waals surface area contributed by atoms with Crippen LogP contribution < -0.4 is 5.32 Å². The van der Waals surface area contributed by atoms with Crippen LogP contribution in [0.2, 0.25) is 5.02 Å². The van der Waals surface area contributed by atoms with Gasteiger partial charge < -0.3 is 19.9 Å². The average Bonchev–Trinajstić information content (AvgIpc) is 3.09. The maximum Gasteiger partial charge on any atom is 0.409 e. The molecule has 3 amide bonds. The van der Waals surface area contributed by atoms with Crippen molar-refractivity contribution in [2.24, 2.45) is 5.92 Å². The smallest absolute Gasteiger partial charge is 0.409 e. The van der Waals surface area contributed by atoms with Crippen LogP contribution in [-0.4, -0.2) is 60.5 Å². The van der Waals surface area contributed by atoms with E-state index < -0.39 is 6.04 Å². The number of carbonyl (C=O) groups excluding carboxylic acids is 3. The molecular formula is C26H32ClN3O4. The van der Waals surface area contributed by atoms with Crippen LogP contribution in [0.3, 0.4) is 0 Å². The van der Waals surface area contributed by atoms with Gasteiger partial charge >= 0.3 is 6.09 Å². The summed E-state index contributed by atoms with van der Waals surface area (Å²) >= 11 is 6.19. The lowest BCUT2D eigenvalue weighted by molar-refractivity contribution is -0.131. The first-order valence-electron chi connectivity index (χ1n) is 11.6. The molecule has 1 unspecified atom stereocenters. The Bertz CT molecular complexity index is 983. The quantitative estimate of drug-likeness (QED) is 0.625. The van der Waals surface area contributed by atoms with Gasteiger partial charge in [0.1, 0.15) is 0 Å². The lowest BCUT2D eigenvalue weighted by Gasteiger charge is -2.25. The maximum absolute atomic E-state index is 13.2. The lowest BCUT2D eigenvalue weighted by Crippen LogP contribution is -2.39. The number of ether oxygens (including phenoxy) is 1. The number of halogens is 1. The first-order valence-corrected chi connectivity index (χ1v) is 12.0. The summed E-state index contributed by atoms with van der Waals surface area (Å²) in [6.07, 6.45) is 0.444. The van der Waals surface area contributed by atoms with Gasteiger partial charge in [-0.1, -0.05) is 67.9 Å². The van der Waals surface area contributed by atoms with Gasteiger partial charge in [0.15, 0.2) is 0 Å². The van der Waals surface area contributed by atoms with Crippen molar-refractivity contribution in [2.45, 2.75) is 32.7 Å². The Hall–Kier alpha value is -3.06. The zero-order chi connectivity index (χ0) is 24.5. The van der Waals surface area contributed by atoms with Gasteiger partial charge in [-0.15, -0.1) is 0 Å². The van der Waals surface area contributed by atoms with Crippen LogP contribution in [-0.2, 0) is 9.53 Å². The van der Waals surface area contributed by atoms with Crippen molar-refractivity contribution in [1.82, 2.24) is 15.1 Å². The van der Waals surface area contributed by atoms with Gasteiger partial charge in [-0.3, -0.25) is 9.59 Å². The van der Waals surface area contributed by atoms with Crippen molar-refractivity contribution in [3.05, 3.63) is 70.7 Å². The average molecular weight is 486 g/mol. The van der Waals surface area contributed by atoms with Crippen molar-refractivity contribution in [2.75, 3.05) is 32.8 Å². The van der Waals surface area contributed by atoms with Gasteiger partial charge in [-0.25, -0.2) is 4.79 Å². The Kier molecular flexibility index (Phi) is 9.33. The van der Waals surface area contributed by atoms with Crippen LogP contribution in [0.1, 0.15) is 48.7 Å². The summed E-state index contributed by atoms with van der Waals surface area (Å²) in [5.41, 5.74) is 1.20. The number of amides is 3. The predicted molar refractivity (Wildman–Crippen MR) is 132 cm³/mol. The molecule has 7 nitrogen and oxygen atoms in total. The van der Waals surface area contributed by atoms with E-state index in [0.717, 1.165) is 5.56 Å². The highest BCUT2D eigenvalue weighted by molar-refractivity contribution is 6.33. The molecule has 1 N–H and O–H groups in total. The molecule has 0 saturated carbocycles. The molecule has 2 aromatic rings. The van der Waals surface area contributed by atoms with Crippen LogP contribution in [0.15, 0.2) is 54.6 Å². The van der Waals surface area contributed by atoms with Gasteiger partial charge in [-0.05, 0) is 30.0 Å². The molecule has 0 aliphatic carbocycles. The number of hydrogen-bond donors (Lipinski definition) is 1. The van der Waals surface area contributed by atoms with Crippen molar-refractivity contribution in [3.8, 4) is 0 Å². The topological polar surface area (TPSA) is 79.0 Å². The van der Waals surface area contributed by atoms with Crippen LogP contribution in [0.25, 0.3) is 0 Å². The minimum atomic E-state index is -0.507. The molecule has 0 spiro atoms. The first kappa shape index (κ1) is 25.6. The van der Waals surface area contributed by atoms with Crippen molar-refractivity contribution in [1.29, 1.82) is 0 Å². The molecule has 1 aliphatic heterocycles. The highest BCUT2D eigenvalue weighted by atomic mass is 35.5. The fourth-order valence-electron chi connectivity index (χ4n) is 3.80. The Labute approximate surface area is 206 Å². The van der Waals surface area contributed by atoms with E-state index in [-0.39, 0.29) is 30.2 Å². The molecule has 1 saturated heterocycles. The number of carbonyl (C=O) groups is 3. The zero-order valence-corrected chi connectivity index (χ0v) is 20.5. The van der Waals surface area contributed by atoms with Crippen molar-refractivity contribution >= 4 is 29.5 Å². The standard InChI is InChI=1S/C26H32ClN3O4/c1-19(2)18-34-26(33)30-14-8-13-29(15-16-30)24(31)17-23(20-9-4-3-5-10-20)28-25(32)21-11-6-7-12-22(21)27/h3-7,9-12,19,23H,8,13-18H2,1-2H3,(H,28,32). The molecule has 1 heterocycles. The van der Waals surface area contributed by atoms with E-state index in [0.29, 0.717) is 49.8 Å². The van der Waals surface area contributed by atoms with Gasteiger partial charge in [0.05, 0.1) is 29.7 Å². The van der Waals surface area contributed by atoms with E-state index in [9.17, 15) is 14.4 Å². The molecule has 3 rings (SSSR count). The third-order valence-electron chi connectivity index (χ3n) is 5.65. The lowest BCUT2D eigenvalue weighted by atomic mass is 10.0. The number of rotatable bonds is 7. The summed E-state index contributed by atoms with van der Waals surface area (Å²) in [6, 6.07) is 15.7. The molecule has 1 fully saturated rings. The Morgan fingerprint density at radius 2 is 1.59 bits per heavy atom. The number of benzene rings is 2. The summed E-state index contributed by atoms with van der Waals surface area (Å²) in [7, 11) is 0. The molecule has 0 aromatic heterocycles. The van der Waals surface area contributed by atoms with Crippen molar-refractivity contribution in [3.63, 3.8) is 0 Å². The summed E-state index contributed by atoms with van der Waals surface area (Å²) in [5.74, 6) is -0.141. The molecule has 1 aliphatic rings. The second-order valence-electron chi connectivity index (χ2n) is 8.81. The molecular weight excluding hydrogens is 454 g/mol. The van der Waals surface area contributed by atoms with Crippen LogP contribution >= 0.6 is 11.6 Å². The summed E-state index contributed by atoms with van der Waals surface area (Å²) in [5, 5.41) is 3.33. The number of nitrogens with one attached hydrogen (secondary N) is 1. The number of nitrogens with zero attached hydrogens (tertiary/aromatic N) is 2. The van der Waals surface area contributed by atoms with E-state index in [1.165, 1.54) is 0 Å². The fourth-order valence-corrected chi connectivity index (χ4v) is 4.02. The predicted octanol–water partition coefficient (Wildman–Crippen LogP) is 4.53. The Balaban J connectivity index is 1.65. The largest absolute Gasteiger partial charge is 0.449 e. The van der Waals surface area contributed by atoms with E-state index in [4.69, 9.17) is 16.3 Å². The minimum Gasteiger partial charge on any atom is -0.449 e. The Morgan fingerprint density at radius 3 is 2.29 bits per heavy atom. The van der Waals surface area contributed by atoms with Gasteiger partial charge in [0, 0.05) is 26.2 Å². The van der Waals surface area contributed by atoms with Crippen molar-refractivity contribution < 1.29 is 19.1 Å². The second-order valence-corrected chi connectivity index (χ2v) is 9.22. The Morgan fingerprint density at radius 1 is 0.941 bits per heavy atom. The van der Waals surface area contributed by atoms with E-state index in [2.05, 4.69) is 5.32 Å².